The number of aromatic nitrogens is 4. The van der Waals surface area contributed by atoms with Crippen LogP contribution in [0.3, 0.4) is 0 Å². The Labute approximate surface area is 137 Å². The second-order valence-electron chi connectivity index (χ2n) is 5.42. The summed E-state index contributed by atoms with van der Waals surface area (Å²) in [6.07, 6.45) is 0.0261. The summed E-state index contributed by atoms with van der Waals surface area (Å²) in [6.45, 7) is 0. The second-order valence-corrected chi connectivity index (χ2v) is 5.42. The molecule has 24 heavy (non-hydrogen) atoms. The third-order valence-electron chi connectivity index (χ3n) is 3.88. The zero-order chi connectivity index (χ0) is 16.5. The van der Waals surface area contributed by atoms with Crippen LogP contribution in [0.4, 0.5) is 5.69 Å². The van der Waals surface area contributed by atoms with Crippen molar-refractivity contribution in [2.24, 2.45) is 0 Å². The van der Waals surface area contributed by atoms with E-state index in [1.165, 1.54) is 9.70 Å². The summed E-state index contributed by atoms with van der Waals surface area (Å²) in [5.74, 6) is -0.188. The smallest absolute Gasteiger partial charge is 0.261 e. The van der Waals surface area contributed by atoms with E-state index in [9.17, 15) is 9.59 Å². The molecule has 0 spiro atoms. The van der Waals surface area contributed by atoms with Crippen molar-refractivity contribution in [3.63, 3.8) is 0 Å². The van der Waals surface area contributed by atoms with Crippen molar-refractivity contribution in [2.75, 3.05) is 4.90 Å². The zero-order valence-corrected chi connectivity index (χ0v) is 12.6. The molecule has 0 radical (unpaired) electrons. The SMILES string of the molecule is O=C1CC(n2nnc(-c3ccccc3)n2)C(=O)N1c1ccccc1. The molecule has 7 heteroatoms. The fraction of sp³-hybridized carbons (Fsp3) is 0.118. The van der Waals surface area contributed by atoms with E-state index < -0.39 is 6.04 Å². The van der Waals surface area contributed by atoms with Gasteiger partial charge in [0.1, 0.15) is 0 Å². The number of carbonyl (C=O) groups is 2. The van der Waals surface area contributed by atoms with Crippen LogP contribution in [-0.2, 0) is 9.59 Å². The predicted octanol–water partition coefficient (Wildman–Crippen LogP) is 1.84. The molecule has 1 aliphatic heterocycles. The summed E-state index contributed by atoms with van der Waals surface area (Å²) in [6, 6.07) is 17.4. The van der Waals surface area contributed by atoms with Crippen LogP contribution in [0.25, 0.3) is 11.4 Å². The van der Waals surface area contributed by atoms with Gasteiger partial charge in [-0.2, -0.15) is 4.80 Å². The number of amides is 2. The molecule has 0 bridgehead atoms. The summed E-state index contributed by atoms with van der Waals surface area (Å²) in [5, 5.41) is 12.2. The van der Waals surface area contributed by atoms with Crippen molar-refractivity contribution in [2.45, 2.75) is 12.5 Å². The van der Waals surface area contributed by atoms with Crippen molar-refractivity contribution in [1.82, 2.24) is 20.2 Å². The lowest BCUT2D eigenvalue weighted by atomic mass is 10.2. The van der Waals surface area contributed by atoms with Crippen LogP contribution in [0.5, 0.6) is 0 Å². The van der Waals surface area contributed by atoms with E-state index in [4.69, 9.17) is 0 Å². The van der Waals surface area contributed by atoms with Crippen LogP contribution in [0, 0.1) is 0 Å². The van der Waals surface area contributed by atoms with Gasteiger partial charge < -0.3 is 0 Å². The third-order valence-corrected chi connectivity index (χ3v) is 3.88. The normalized spacial score (nSPS) is 17.5. The summed E-state index contributed by atoms with van der Waals surface area (Å²) in [4.78, 5) is 27.3. The number of hydrogen-bond acceptors (Lipinski definition) is 5. The van der Waals surface area contributed by atoms with E-state index in [1.807, 2.05) is 36.4 Å². The third kappa shape index (κ3) is 2.36. The van der Waals surface area contributed by atoms with E-state index in [0.29, 0.717) is 11.5 Å². The van der Waals surface area contributed by atoms with Crippen LogP contribution in [-0.4, -0.2) is 32.0 Å². The number of para-hydroxylation sites is 1. The standard InChI is InChI=1S/C17H13N5O2/c23-15-11-14(17(24)21(15)13-9-5-2-6-10-13)22-19-16(18-20-22)12-7-3-1-4-8-12/h1-10,14H,11H2. The average molecular weight is 319 g/mol. The number of nitrogens with zero attached hydrogens (tertiary/aromatic N) is 5. The van der Waals surface area contributed by atoms with Crippen LogP contribution < -0.4 is 4.90 Å². The van der Waals surface area contributed by atoms with Gasteiger partial charge in [0, 0.05) is 5.56 Å². The fourth-order valence-electron chi connectivity index (χ4n) is 2.70. The average Bonchev–Trinajstić information content (AvgIpc) is 3.21. The molecule has 7 nitrogen and oxygen atoms in total. The first-order chi connectivity index (χ1) is 11.7. The van der Waals surface area contributed by atoms with Gasteiger partial charge in [-0.05, 0) is 17.3 Å². The van der Waals surface area contributed by atoms with E-state index >= 15 is 0 Å². The molecule has 1 atom stereocenters. The van der Waals surface area contributed by atoms with Crippen LogP contribution >= 0.6 is 0 Å². The molecule has 1 aromatic heterocycles. The summed E-state index contributed by atoms with van der Waals surface area (Å²) in [7, 11) is 0. The van der Waals surface area contributed by atoms with Gasteiger partial charge >= 0.3 is 0 Å². The molecule has 0 N–H and O–H groups in total. The van der Waals surface area contributed by atoms with E-state index in [2.05, 4.69) is 15.4 Å². The number of tetrazole rings is 1. The Bertz CT molecular complexity index is 892. The minimum Gasteiger partial charge on any atom is -0.274 e. The molecule has 2 amide bonds. The van der Waals surface area contributed by atoms with Crippen LogP contribution in [0.1, 0.15) is 12.5 Å². The Kier molecular flexibility index (Phi) is 3.38. The van der Waals surface area contributed by atoms with Crippen molar-refractivity contribution in [3.8, 4) is 11.4 Å². The highest BCUT2D eigenvalue weighted by atomic mass is 16.2. The van der Waals surface area contributed by atoms with Gasteiger partial charge in [0.25, 0.3) is 5.91 Å². The predicted molar refractivity (Wildman–Crippen MR) is 85.8 cm³/mol. The molecule has 118 valence electrons. The molecular weight excluding hydrogens is 306 g/mol. The monoisotopic (exact) mass is 319 g/mol. The molecule has 2 aromatic carbocycles. The van der Waals surface area contributed by atoms with Crippen molar-refractivity contribution >= 4 is 17.5 Å². The van der Waals surface area contributed by atoms with Gasteiger partial charge in [0.2, 0.25) is 11.7 Å². The molecule has 0 saturated carbocycles. The number of hydrogen-bond donors (Lipinski definition) is 0. The van der Waals surface area contributed by atoms with Gasteiger partial charge in [0.05, 0.1) is 12.1 Å². The molecule has 0 aliphatic carbocycles. The lowest BCUT2D eigenvalue weighted by Gasteiger charge is -2.14. The van der Waals surface area contributed by atoms with E-state index in [0.717, 1.165) is 5.56 Å². The Morgan fingerprint density at radius 1 is 0.917 bits per heavy atom. The molecule has 2 heterocycles. The Balaban J connectivity index is 1.63. The number of rotatable bonds is 3. The highest BCUT2D eigenvalue weighted by molar-refractivity contribution is 6.21. The lowest BCUT2D eigenvalue weighted by Crippen LogP contribution is -2.31. The quantitative estimate of drug-likeness (QED) is 0.688. The summed E-state index contributed by atoms with van der Waals surface area (Å²) < 4.78 is 0. The van der Waals surface area contributed by atoms with Gasteiger partial charge in [-0.15, -0.1) is 10.2 Å². The Morgan fingerprint density at radius 3 is 2.29 bits per heavy atom. The summed E-state index contributed by atoms with van der Waals surface area (Å²) >= 11 is 0. The minimum absolute atomic E-state index is 0.0261. The summed E-state index contributed by atoms with van der Waals surface area (Å²) in [5.41, 5.74) is 1.36. The number of anilines is 1. The first-order valence-electron chi connectivity index (χ1n) is 7.51. The molecule has 3 aromatic rings. The van der Waals surface area contributed by atoms with E-state index in [-0.39, 0.29) is 18.2 Å². The van der Waals surface area contributed by atoms with Gasteiger partial charge in [-0.1, -0.05) is 48.5 Å². The van der Waals surface area contributed by atoms with Crippen molar-refractivity contribution in [1.29, 1.82) is 0 Å². The van der Waals surface area contributed by atoms with Crippen LogP contribution in [0.2, 0.25) is 0 Å². The second kappa shape index (κ2) is 5.69. The molecule has 1 fully saturated rings. The zero-order valence-electron chi connectivity index (χ0n) is 12.6. The topological polar surface area (TPSA) is 81.0 Å². The Morgan fingerprint density at radius 2 is 1.58 bits per heavy atom. The molecule has 1 aliphatic rings. The highest BCUT2D eigenvalue weighted by Crippen LogP contribution is 2.28. The first-order valence-corrected chi connectivity index (χ1v) is 7.51. The maximum Gasteiger partial charge on any atom is 0.261 e. The molecule has 1 unspecified atom stereocenters. The number of benzene rings is 2. The minimum atomic E-state index is -0.761. The lowest BCUT2D eigenvalue weighted by molar-refractivity contribution is -0.122. The van der Waals surface area contributed by atoms with Crippen molar-refractivity contribution in [3.05, 3.63) is 60.7 Å². The molecular formula is C17H13N5O2. The maximum atomic E-state index is 12.6. The first kappa shape index (κ1) is 14.3. The van der Waals surface area contributed by atoms with E-state index in [1.54, 1.807) is 24.3 Å². The van der Waals surface area contributed by atoms with Gasteiger partial charge in [-0.3, -0.25) is 9.59 Å². The molecule has 4 rings (SSSR count). The number of carbonyl (C=O) groups excluding carboxylic acids is 2. The van der Waals surface area contributed by atoms with Gasteiger partial charge in [0.15, 0.2) is 6.04 Å². The Hall–Kier alpha value is -3.35. The fourth-order valence-corrected chi connectivity index (χ4v) is 2.70. The molecule has 1 saturated heterocycles. The van der Waals surface area contributed by atoms with Crippen molar-refractivity contribution < 1.29 is 9.59 Å². The number of imide groups is 1. The van der Waals surface area contributed by atoms with Crippen LogP contribution in [0.15, 0.2) is 60.7 Å². The maximum absolute atomic E-state index is 12.6. The largest absolute Gasteiger partial charge is 0.274 e. The van der Waals surface area contributed by atoms with Gasteiger partial charge in [-0.25, -0.2) is 4.90 Å². The highest BCUT2D eigenvalue weighted by Gasteiger charge is 2.42.